The fraction of sp³-hybridized carbons (Fsp3) is 0.250. The molecule has 0 bridgehead atoms. The van der Waals surface area contributed by atoms with Gasteiger partial charge >= 0.3 is 0 Å². The Kier molecular flexibility index (Phi) is 4.01. The van der Waals surface area contributed by atoms with Gasteiger partial charge in [-0.25, -0.2) is 4.39 Å². The first-order chi connectivity index (χ1) is 11.0. The molecule has 1 aliphatic rings. The number of hydrogen-bond acceptors (Lipinski definition) is 5. The zero-order valence-corrected chi connectivity index (χ0v) is 12.4. The van der Waals surface area contributed by atoms with Crippen molar-refractivity contribution in [3.05, 3.63) is 58.4 Å². The number of aromatic hydroxyl groups is 1. The maximum absolute atomic E-state index is 13.2. The lowest BCUT2D eigenvalue weighted by Crippen LogP contribution is -2.46. The van der Waals surface area contributed by atoms with E-state index in [1.807, 2.05) is 17.0 Å². The molecule has 0 amide bonds. The number of nitro benzene ring substituents is 1. The molecule has 1 fully saturated rings. The van der Waals surface area contributed by atoms with Crippen molar-refractivity contribution in [2.45, 2.75) is 0 Å². The van der Waals surface area contributed by atoms with Crippen LogP contribution in [0.4, 0.5) is 21.5 Å². The van der Waals surface area contributed by atoms with E-state index < -0.39 is 10.7 Å². The van der Waals surface area contributed by atoms with E-state index in [0.717, 1.165) is 11.8 Å². The molecular formula is C16H16FN3O3. The molecule has 0 atom stereocenters. The molecule has 6 nitrogen and oxygen atoms in total. The monoisotopic (exact) mass is 317 g/mol. The molecule has 1 aliphatic heterocycles. The van der Waals surface area contributed by atoms with Crippen molar-refractivity contribution in [2.24, 2.45) is 0 Å². The Morgan fingerprint density at radius 3 is 2.22 bits per heavy atom. The molecule has 1 heterocycles. The van der Waals surface area contributed by atoms with Gasteiger partial charge in [0, 0.05) is 31.9 Å². The molecule has 0 unspecified atom stereocenters. The van der Waals surface area contributed by atoms with Crippen molar-refractivity contribution in [3.63, 3.8) is 0 Å². The molecule has 0 aromatic heterocycles. The smallest absolute Gasteiger partial charge is 0.295 e. The van der Waals surface area contributed by atoms with Crippen LogP contribution in [-0.4, -0.2) is 36.2 Å². The summed E-state index contributed by atoms with van der Waals surface area (Å²) in [5.41, 5.74) is 1.24. The van der Waals surface area contributed by atoms with E-state index in [1.165, 1.54) is 12.1 Å². The third-order valence-corrected chi connectivity index (χ3v) is 3.97. The second-order valence-electron chi connectivity index (χ2n) is 5.38. The highest BCUT2D eigenvalue weighted by Crippen LogP contribution is 2.30. The third-order valence-electron chi connectivity index (χ3n) is 3.97. The van der Waals surface area contributed by atoms with E-state index in [9.17, 15) is 19.6 Å². The first-order valence-electron chi connectivity index (χ1n) is 7.27. The third kappa shape index (κ3) is 3.18. The molecule has 1 N–H and O–H groups in total. The highest BCUT2D eigenvalue weighted by Gasteiger charge is 2.24. The zero-order valence-electron chi connectivity index (χ0n) is 12.4. The number of anilines is 2. The van der Waals surface area contributed by atoms with Gasteiger partial charge in [0.05, 0.1) is 11.0 Å². The summed E-state index contributed by atoms with van der Waals surface area (Å²) in [6.07, 6.45) is 0. The number of hydrogen-bond donors (Lipinski definition) is 1. The number of phenolic OH excluding ortho intramolecular Hbond substituents is 1. The van der Waals surface area contributed by atoms with E-state index in [2.05, 4.69) is 4.90 Å². The van der Waals surface area contributed by atoms with Crippen LogP contribution < -0.4 is 9.80 Å². The molecule has 0 aliphatic carbocycles. The molecule has 7 heteroatoms. The summed E-state index contributed by atoms with van der Waals surface area (Å²) >= 11 is 0. The number of piperazine rings is 1. The van der Waals surface area contributed by atoms with Crippen molar-refractivity contribution < 1.29 is 14.4 Å². The molecule has 3 rings (SSSR count). The van der Waals surface area contributed by atoms with Gasteiger partial charge in [0.15, 0.2) is 0 Å². The highest BCUT2D eigenvalue weighted by atomic mass is 19.1. The second kappa shape index (κ2) is 6.12. The number of benzene rings is 2. The molecule has 1 saturated heterocycles. The van der Waals surface area contributed by atoms with Crippen LogP contribution in [0.1, 0.15) is 0 Å². The van der Waals surface area contributed by atoms with Crippen molar-refractivity contribution in [3.8, 4) is 5.75 Å². The Morgan fingerprint density at radius 1 is 1.00 bits per heavy atom. The summed E-state index contributed by atoms with van der Waals surface area (Å²) < 4.78 is 13.2. The van der Waals surface area contributed by atoms with Gasteiger partial charge < -0.3 is 14.9 Å². The Morgan fingerprint density at radius 2 is 1.61 bits per heavy atom. The summed E-state index contributed by atoms with van der Waals surface area (Å²) in [6.45, 7) is 2.60. The van der Waals surface area contributed by atoms with Crippen LogP contribution in [0.15, 0.2) is 42.5 Å². The van der Waals surface area contributed by atoms with Crippen molar-refractivity contribution in [1.29, 1.82) is 0 Å². The van der Waals surface area contributed by atoms with Gasteiger partial charge in [-0.3, -0.25) is 10.1 Å². The summed E-state index contributed by atoms with van der Waals surface area (Å²) in [5.74, 6) is -0.391. The predicted molar refractivity (Wildman–Crippen MR) is 85.6 cm³/mol. The largest absolute Gasteiger partial charge is 0.508 e. The number of nitrogens with zero attached hydrogens (tertiary/aromatic N) is 3. The van der Waals surface area contributed by atoms with Crippen molar-refractivity contribution in [2.75, 3.05) is 36.0 Å². The zero-order chi connectivity index (χ0) is 16.4. The minimum atomic E-state index is -0.608. The van der Waals surface area contributed by atoms with Gasteiger partial charge in [-0.15, -0.1) is 0 Å². The van der Waals surface area contributed by atoms with Gasteiger partial charge in [-0.05, 0) is 36.4 Å². The van der Waals surface area contributed by atoms with E-state index in [1.54, 1.807) is 12.1 Å². The summed E-state index contributed by atoms with van der Waals surface area (Å²) in [5, 5.41) is 20.4. The van der Waals surface area contributed by atoms with Crippen molar-refractivity contribution in [1.82, 2.24) is 0 Å². The minimum absolute atomic E-state index is 0.205. The van der Waals surface area contributed by atoms with E-state index in [4.69, 9.17) is 0 Å². The van der Waals surface area contributed by atoms with Crippen LogP contribution in [0.25, 0.3) is 0 Å². The quantitative estimate of drug-likeness (QED) is 0.696. The molecule has 23 heavy (non-hydrogen) atoms. The van der Waals surface area contributed by atoms with E-state index in [0.29, 0.717) is 31.9 Å². The normalized spacial score (nSPS) is 14.8. The summed E-state index contributed by atoms with van der Waals surface area (Å²) in [4.78, 5) is 14.6. The first kappa shape index (κ1) is 15.1. The Balaban J connectivity index is 1.74. The van der Waals surface area contributed by atoms with Gasteiger partial charge in [-0.2, -0.15) is 0 Å². The fourth-order valence-electron chi connectivity index (χ4n) is 2.78. The fourth-order valence-corrected chi connectivity index (χ4v) is 2.78. The molecule has 0 saturated carbocycles. The van der Waals surface area contributed by atoms with Crippen LogP contribution in [0, 0.1) is 15.9 Å². The average molecular weight is 317 g/mol. The maximum atomic E-state index is 13.2. The molecule has 2 aromatic rings. The highest BCUT2D eigenvalue weighted by molar-refractivity contribution is 5.64. The Labute approximate surface area is 132 Å². The summed E-state index contributed by atoms with van der Waals surface area (Å²) in [6, 6.07) is 10.6. The first-order valence-corrected chi connectivity index (χ1v) is 7.27. The van der Waals surface area contributed by atoms with Gasteiger partial charge in [0.25, 0.3) is 5.69 Å². The minimum Gasteiger partial charge on any atom is -0.508 e. The second-order valence-corrected chi connectivity index (χ2v) is 5.38. The van der Waals surface area contributed by atoms with Gasteiger partial charge in [0.2, 0.25) is 0 Å². The standard InChI is InChI=1S/C16H16FN3O3/c17-12-1-6-15(16(11-12)20(22)23)19-9-7-18(8-10-19)13-2-4-14(21)5-3-13/h1-6,11,21H,7-10H2. The van der Waals surface area contributed by atoms with Crippen LogP contribution in [0.2, 0.25) is 0 Å². The van der Waals surface area contributed by atoms with Crippen LogP contribution >= 0.6 is 0 Å². The Bertz CT molecular complexity index is 713. The van der Waals surface area contributed by atoms with Crippen molar-refractivity contribution >= 4 is 17.1 Å². The number of phenols is 1. The summed E-state index contributed by atoms with van der Waals surface area (Å²) in [7, 11) is 0. The van der Waals surface area contributed by atoms with Crippen LogP contribution in [-0.2, 0) is 0 Å². The lowest BCUT2D eigenvalue weighted by atomic mass is 10.2. The molecule has 0 spiro atoms. The SMILES string of the molecule is O=[N+]([O-])c1cc(F)ccc1N1CCN(c2ccc(O)cc2)CC1. The molecule has 0 radical (unpaired) electrons. The van der Waals surface area contributed by atoms with Gasteiger partial charge in [0.1, 0.15) is 17.3 Å². The van der Waals surface area contributed by atoms with E-state index >= 15 is 0 Å². The van der Waals surface area contributed by atoms with Crippen LogP contribution in [0.5, 0.6) is 5.75 Å². The lowest BCUT2D eigenvalue weighted by Gasteiger charge is -2.37. The number of halogens is 1. The Hall–Kier alpha value is -2.83. The molecule has 120 valence electrons. The average Bonchev–Trinajstić information content (AvgIpc) is 2.56. The molecule has 2 aromatic carbocycles. The predicted octanol–water partition coefficient (Wildman–Crippen LogP) is 2.77. The topological polar surface area (TPSA) is 69.9 Å². The van der Waals surface area contributed by atoms with Gasteiger partial charge in [-0.1, -0.05) is 0 Å². The van der Waals surface area contributed by atoms with E-state index in [-0.39, 0.29) is 11.4 Å². The lowest BCUT2D eigenvalue weighted by molar-refractivity contribution is -0.384. The number of nitro groups is 1. The maximum Gasteiger partial charge on any atom is 0.295 e. The number of rotatable bonds is 3. The van der Waals surface area contributed by atoms with Crippen LogP contribution in [0.3, 0.4) is 0 Å². The molecular weight excluding hydrogens is 301 g/mol.